The summed E-state index contributed by atoms with van der Waals surface area (Å²) >= 11 is 0. The van der Waals surface area contributed by atoms with Crippen molar-refractivity contribution in [3.05, 3.63) is 35.1 Å². The predicted octanol–water partition coefficient (Wildman–Crippen LogP) is 2.06. The zero-order valence-electron chi connectivity index (χ0n) is 11.3. The fraction of sp³-hybridized carbons (Fsp3) is 0.533. The molecule has 0 bridgehead atoms. The fourth-order valence-electron chi connectivity index (χ4n) is 2.66. The molecule has 2 rings (SSSR count). The summed E-state index contributed by atoms with van der Waals surface area (Å²) in [6.07, 6.45) is 4.30. The standard InChI is InChI=1S/C15H21FN2O/c1-11-10-13(16)5-4-12(11)6-9-18-14(19)15(17)7-2-3-8-15/h4-5,10H,2-3,6-9,17H2,1H3,(H,18,19). The van der Waals surface area contributed by atoms with Crippen LogP contribution in [0.15, 0.2) is 18.2 Å². The number of carbonyl (C=O) groups excluding carboxylic acids is 1. The highest BCUT2D eigenvalue weighted by Gasteiger charge is 2.36. The van der Waals surface area contributed by atoms with E-state index < -0.39 is 5.54 Å². The Balaban J connectivity index is 1.85. The summed E-state index contributed by atoms with van der Waals surface area (Å²) in [5.74, 6) is -0.276. The van der Waals surface area contributed by atoms with Gasteiger partial charge in [-0.05, 0) is 49.4 Å². The average molecular weight is 264 g/mol. The van der Waals surface area contributed by atoms with E-state index in [-0.39, 0.29) is 11.7 Å². The smallest absolute Gasteiger partial charge is 0.240 e. The van der Waals surface area contributed by atoms with Gasteiger partial charge in [-0.25, -0.2) is 4.39 Å². The third kappa shape index (κ3) is 3.32. The number of benzene rings is 1. The minimum Gasteiger partial charge on any atom is -0.354 e. The van der Waals surface area contributed by atoms with Gasteiger partial charge in [0, 0.05) is 6.54 Å². The van der Waals surface area contributed by atoms with Gasteiger partial charge in [-0.3, -0.25) is 4.79 Å². The van der Waals surface area contributed by atoms with E-state index in [2.05, 4.69) is 5.32 Å². The molecule has 4 heteroatoms. The van der Waals surface area contributed by atoms with E-state index >= 15 is 0 Å². The maximum absolute atomic E-state index is 13.0. The molecule has 0 spiro atoms. The van der Waals surface area contributed by atoms with Gasteiger partial charge in [-0.1, -0.05) is 18.9 Å². The van der Waals surface area contributed by atoms with Crippen LogP contribution >= 0.6 is 0 Å². The number of carbonyl (C=O) groups is 1. The van der Waals surface area contributed by atoms with Crippen LogP contribution in [0.2, 0.25) is 0 Å². The van der Waals surface area contributed by atoms with Gasteiger partial charge in [0.25, 0.3) is 0 Å². The van der Waals surface area contributed by atoms with Gasteiger partial charge in [-0.2, -0.15) is 0 Å². The van der Waals surface area contributed by atoms with Crippen molar-refractivity contribution >= 4 is 5.91 Å². The second-order valence-corrected chi connectivity index (χ2v) is 5.44. The molecule has 1 aliphatic rings. The lowest BCUT2D eigenvalue weighted by Gasteiger charge is -2.22. The summed E-state index contributed by atoms with van der Waals surface area (Å²) in [5, 5.41) is 2.90. The Morgan fingerprint density at radius 3 is 2.74 bits per heavy atom. The number of aryl methyl sites for hydroxylation is 1. The second kappa shape index (κ2) is 5.70. The molecule has 1 saturated carbocycles. The first-order chi connectivity index (χ1) is 9.01. The lowest BCUT2D eigenvalue weighted by molar-refractivity contribution is -0.126. The lowest BCUT2D eigenvalue weighted by atomic mass is 9.98. The molecule has 0 heterocycles. The molecule has 19 heavy (non-hydrogen) atoms. The third-order valence-electron chi connectivity index (χ3n) is 3.93. The molecule has 0 aliphatic heterocycles. The molecular weight excluding hydrogens is 243 g/mol. The van der Waals surface area contributed by atoms with Crippen LogP contribution in [0, 0.1) is 12.7 Å². The monoisotopic (exact) mass is 264 g/mol. The van der Waals surface area contributed by atoms with Crippen molar-refractivity contribution in [2.75, 3.05) is 6.54 Å². The summed E-state index contributed by atoms with van der Waals surface area (Å²) < 4.78 is 13.0. The Morgan fingerprint density at radius 2 is 2.11 bits per heavy atom. The average Bonchev–Trinajstić information content (AvgIpc) is 2.80. The predicted molar refractivity (Wildman–Crippen MR) is 73.2 cm³/mol. The fourth-order valence-corrected chi connectivity index (χ4v) is 2.66. The molecule has 1 aliphatic carbocycles. The van der Waals surface area contributed by atoms with Gasteiger partial charge in [0.2, 0.25) is 5.91 Å². The first-order valence-electron chi connectivity index (χ1n) is 6.83. The normalized spacial score (nSPS) is 17.4. The molecule has 1 amide bonds. The third-order valence-corrected chi connectivity index (χ3v) is 3.93. The van der Waals surface area contributed by atoms with E-state index in [0.717, 1.165) is 36.8 Å². The SMILES string of the molecule is Cc1cc(F)ccc1CCNC(=O)C1(N)CCCC1. The number of hydrogen-bond donors (Lipinski definition) is 2. The lowest BCUT2D eigenvalue weighted by Crippen LogP contribution is -2.52. The molecule has 0 aromatic heterocycles. The molecule has 1 fully saturated rings. The van der Waals surface area contributed by atoms with Crippen LogP contribution < -0.4 is 11.1 Å². The van der Waals surface area contributed by atoms with E-state index in [9.17, 15) is 9.18 Å². The highest BCUT2D eigenvalue weighted by molar-refractivity contribution is 5.86. The Morgan fingerprint density at radius 1 is 1.42 bits per heavy atom. The van der Waals surface area contributed by atoms with Gasteiger partial charge in [0.15, 0.2) is 0 Å². The van der Waals surface area contributed by atoms with Crippen molar-refractivity contribution in [2.45, 2.75) is 44.6 Å². The van der Waals surface area contributed by atoms with E-state index in [1.165, 1.54) is 12.1 Å². The van der Waals surface area contributed by atoms with Crippen molar-refractivity contribution in [3.8, 4) is 0 Å². The maximum atomic E-state index is 13.0. The van der Waals surface area contributed by atoms with Crippen LogP contribution in [0.3, 0.4) is 0 Å². The van der Waals surface area contributed by atoms with E-state index in [1.54, 1.807) is 6.07 Å². The first-order valence-corrected chi connectivity index (χ1v) is 6.83. The Bertz CT molecular complexity index is 467. The quantitative estimate of drug-likeness (QED) is 0.874. The summed E-state index contributed by atoms with van der Waals surface area (Å²) in [4.78, 5) is 12.0. The molecular formula is C15H21FN2O. The maximum Gasteiger partial charge on any atom is 0.240 e. The molecule has 0 atom stereocenters. The van der Waals surface area contributed by atoms with Crippen LogP contribution in [0.5, 0.6) is 0 Å². The van der Waals surface area contributed by atoms with Crippen molar-refractivity contribution in [1.82, 2.24) is 5.32 Å². The van der Waals surface area contributed by atoms with Gasteiger partial charge < -0.3 is 11.1 Å². The van der Waals surface area contributed by atoms with Crippen LogP contribution in [-0.4, -0.2) is 18.0 Å². The number of halogens is 1. The summed E-state index contributed by atoms with van der Waals surface area (Å²) in [5.41, 5.74) is 7.37. The largest absolute Gasteiger partial charge is 0.354 e. The van der Waals surface area contributed by atoms with Crippen molar-refractivity contribution in [1.29, 1.82) is 0 Å². The molecule has 0 unspecified atom stereocenters. The Labute approximate surface area is 113 Å². The highest BCUT2D eigenvalue weighted by atomic mass is 19.1. The molecule has 3 nitrogen and oxygen atoms in total. The molecule has 1 aromatic rings. The zero-order valence-corrected chi connectivity index (χ0v) is 11.3. The van der Waals surface area contributed by atoms with E-state index in [4.69, 9.17) is 5.73 Å². The highest BCUT2D eigenvalue weighted by Crippen LogP contribution is 2.27. The van der Waals surface area contributed by atoms with E-state index in [0.29, 0.717) is 13.0 Å². The second-order valence-electron chi connectivity index (χ2n) is 5.44. The van der Waals surface area contributed by atoms with Crippen LogP contribution in [-0.2, 0) is 11.2 Å². The minimum atomic E-state index is -0.669. The molecule has 0 radical (unpaired) electrons. The van der Waals surface area contributed by atoms with Crippen LogP contribution in [0.4, 0.5) is 4.39 Å². The molecule has 1 aromatic carbocycles. The molecule has 0 saturated heterocycles. The number of nitrogens with one attached hydrogen (secondary N) is 1. The van der Waals surface area contributed by atoms with Gasteiger partial charge in [0.1, 0.15) is 5.82 Å². The number of rotatable bonds is 4. The first kappa shape index (κ1) is 14.0. The summed E-state index contributed by atoms with van der Waals surface area (Å²) in [6, 6.07) is 4.73. The van der Waals surface area contributed by atoms with Crippen LogP contribution in [0.25, 0.3) is 0 Å². The topological polar surface area (TPSA) is 55.1 Å². The van der Waals surface area contributed by atoms with Crippen molar-refractivity contribution in [3.63, 3.8) is 0 Å². The summed E-state index contributed by atoms with van der Waals surface area (Å²) in [7, 11) is 0. The van der Waals surface area contributed by atoms with Gasteiger partial charge in [0.05, 0.1) is 5.54 Å². The van der Waals surface area contributed by atoms with Crippen LogP contribution in [0.1, 0.15) is 36.8 Å². The van der Waals surface area contributed by atoms with Gasteiger partial charge >= 0.3 is 0 Å². The Hall–Kier alpha value is -1.42. The number of amides is 1. The number of nitrogens with two attached hydrogens (primary N) is 1. The van der Waals surface area contributed by atoms with Gasteiger partial charge in [-0.15, -0.1) is 0 Å². The van der Waals surface area contributed by atoms with Crippen molar-refractivity contribution < 1.29 is 9.18 Å². The molecule has 104 valence electrons. The minimum absolute atomic E-state index is 0.0511. The number of hydrogen-bond acceptors (Lipinski definition) is 2. The van der Waals surface area contributed by atoms with E-state index in [1.807, 2.05) is 6.92 Å². The Kier molecular flexibility index (Phi) is 4.20. The summed E-state index contributed by atoms with van der Waals surface area (Å²) in [6.45, 7) is 2.42. The zero-order chi connectivity index (χ0) is 13.9. The van der Waals surface area contributed by atoms with Crippen molar-refractivity contribution in [2.24, 2.45) is 5.73 Å². The molecule has 3 N–H and O–H groups in total.